The molecular formula is C13H20BrClN-. The van der Waals surface area contributed by atoms with Crippen LogP contribution in [-0.2, 0) is 0 Å². The lowest BCUT2D eigenvalue weighted by Crippen LogP contribution is -3.00. The second-order valence-electron chi connectivity index (χ2n) is 4.56. The molecule has 3 heteroatoms. The van der Waals surface area contributed by atoms with Gasteiger partial charge in [-0.3, -0.25) is 0 Å². The van der Waals surface area contributed by atoms with Gasteiger partial charge in [0.2, 0.25) is 0 Å². The number of halogens is 2. The van der Waals surface area contributed by atoms with Gasteiger partial charge in [0.15, 0.2) is 0 Å². The van der Waals surface area contributed by atoms with Crippen molar-refractivity contribution in [2.75, 3.05) is 0 Å². The number of rotatable bonds is 4. The summed E-state index contributed by atoms with van der Waals surface area (Å²) < 4.78 is 1.27. The van der Waals surface area contributed by atoms with Crippen molar-refractivity contribution < 1.29 is 12.4 Å². The Kier molecular flexibility index (Phi) is 7.29. The Morgan fingerprint density at radius 2 is 1.94 bits per heavy atom. The Balaban J connectivity index is 0.00000225. The fourth-order valence-corrected chi connectivity index (χ4v) is 2.38. The topological polar surface area (TPSA) is 12.0 Å². The van der Waals surface area contributed by atoms with E-state index in [4.69, 9.17) is 0 Å². The molecule has 0 saturated heterocycles. The van der Waals surface area contributed by atoms with Gasteiger partial charge in [-0.05, 0) is 33.1 Å². The average molecular weight is 306 g/mol. The molecule has 1 heterocycles. The third-order valence-corrected chi connectivity index (χ3v) is 3.39. The molecule has 2 unspecified atom stereocenters. The van der Waals surface area contributed by atoms with Crippen LogP contribution >= 0.6 is 15.9 Å². The van der Waals surface area contributed by atoms with Crippen LogP contribution < -0.4 is 17.7 Å². The van der Waals surface area contributed by atoms with Crippen molar-refractivity contribution in [2.24, 2.45) is 0 Å². The minimum Gasteiger partial charge on any atom is -1.00 e. The predicted molar refractivity (Wildman–Crippen MR) is 71.2 cm³/mol. The normalized spacial score (nSPS) is 24.3. The second kappa shape index (κ2) is 7.31. The molecule has 0 bridgehead atoms. The van der Waals surface area contributed by atoms with E-state index < -0.39 is 0 Å². The number of nitrogens with one attached hydrogen (secondary N) is 1. The van der Waals surface area contributed by atoms with Crippen LogP contribution in [0.25, 0.3) is 0 Å². The lowest BCUT2D eigenvalue weighted by atomic mass is 9.97. The summed E-state index contributed by atoms with van der Waals surface area (Å²) in [5, 5.41) is 3.63. The monoisotopic (exact) mass is 304 g/mol. The zero-order chi connectivity index (χ0) is 11.4. The zero-order valence-electron chi connectivity index (χ0n) is 10.0. The molecule has 92 valence electrons. The molecule has 1 rings (SSSR count). The molecule has 1 nitrogen and oxygen atoms in total. The van der Waals surface area contributed by atoms with Gasteiger partial charge in [-0.25, -0.2) is 0 Å². The van der Waals surface area contributed by atoms with Crippen molar-refractivity contribution >= 4 is 15.9 Å². The summed E-state index contributed by atoms with van der Waals surface area (Å²) in [6.07, 6.45) is 5.42. The minimum absolute atomic E-state index is 0. The summed E-state index contributed by atoms with van der Waals surface area (Å²) in [6, 6.07) is 0.939. The van der Waals surface area contributed by atoms with Crippen LogP contribution in [0.4, 0.5) is 0 Å². The van der Waals surface area contributed by atoms with E-state index in [1.165, 1.54) is 15.6 Å². The summed E-state index contributed by atoms with van der Waals surface area (Å²) in [4.78, 5) is 0. The van der Waals surface area contributed by atoms with Gasteiger partial charge in [-0.2, -0.15) is 0 Å². The zero-order valence-corrected chi connectivity index (χ0v) is 12.4. The van der Waals surface area contributed by atoms with Gasteiger partial charge >= 0.3 is 0 Å². The molecule has 0 aromatic carbocycles. The van der Waals surface area contributed by atoms with Crippen LogP contribution in [0.1, 0.15) is 33.1 Å². The summed E-state index contributed by atoms with van der Waals surface area (Å²) in [5.74, 6) is 0. The van der Waals surface area contributed by atoms with E-state index in [0.717, 1.165) is 19.3 Å². The van der Waals surface area contributed by atoms with Crippen molar-refractivity contribution in [2.45, 2.75) is 45.2 Å². The Morgan fingerprint density at radius 3 is 2.44 bits per heavy atom. The molecule has 1 N–H and O–H groups in total. The van der Waals surface area contributed by atoms with Gasteiger partial charge in [-0.15, -0.1) is 13.2 Å². The lowest BCUT2D eigenvalue weighted by Gasteiger charge is -2.30. The molecule has 0 saturated carbocycles. The molecule has 0 spiro atoms. The summed E-state index contributed by atoms with van der Waals surface area (Å²) in [6.45, 7) is 12.1. The van der Waals surface area contributed by atoms with E-state index in [1.54, 1.807) is 0 Å². The summed E-state index contributed by atoms with van der Waals surface area (Å²) in [7, 11) is 0. The van der Waals surface area contributed by atoms with Gasteiger partial charge in [0, 0.05) is 16.6 Å². The Bertz CT molecular complexity index is 296. The van der Waals surface area contributed by atoms with E-state index in [2.05, 4.69) is 54.3 Å². The van der Waals surface area contributed by atoms with Crippen LogP contribution in [0.5, 0.6) is 0 Å². The fourth-order valence-electron chi connectivity index (χ4n) is 1.90. The van der Waals surface area contributed by atoms with Crippen LogP contribution in [0.2, 0.25) is 0 Å². The van der Waals surface area contributed by atoms with Crippen molar-refractivity contribution in [3.8, 4) is 0 Å². The van der Waals surface area contributed by atoms with E-state index in [0.29, 0.717) is 12.1 Å². The van der Waals surface area contributed by atoms with Crippen LogP contribution in [-0.4, -0.2) is 12.1 Å². The SMILES string of the molecule is C=C(C)CC1CC=C(Br)C(CC(=C)C)N1.[Cl-]. The second-order valence-corrected chi connectivity index (χ2v) is 5.48. The first-order chi connectivity index (χ1) is 6.99. The predicted octanol–water partition coefficient (Wildman–Crippen LogP) is 0.932. The number of hydrogen-bond acceptors (Lipinski definition) is 1. The lowest BCUT2D eigenvalue weighted by molar-refractivity contribution is -0.00000347. The third kappa shape index (κ3) is 5.33. The molecule has 0 aliphatic carbocycles. The van der Waals surface area contributed by atoms with Gasteiger partial charge in [0.05, 0.1) is 0 Å². The first-order valence-corrected chi connectivity index (χ1v) is 6.18. The maximum Gasteiger partial charge on any atom is 0.0422 e. The Labute approximate surface area is 114 Å². The van der Waals surface area contributed by atoms with Gasteiger partial charge in [0.1, 0.15) is 0 Å². The maximum absolute atomic E-state index is 3.96. The molecular weight excluding hydrogens is 286 g/mol. The molecule has 1 aliphatic rings. The van der Waals surface area contributed by atoms with E-state index >= 15 is 0 Å². The van der Waals surface area contributed by atoms with E-state index in [9.17, 15) is 0 Å². The molecule has 0 aromatic rings. The average Bonchev–Trinajstić information content (AvgIpc) is 2.09. The van der Waals surface area contributed by atoms with E-state index in [-0.39, 0.29) is 12.4 Å². The van der Waals surface area contributed by atoms with E-state index in [1.807, 2.05) is 0 Å². The molecule has 0 aromatic heterocycles. The molecule has 2 atom stereocenters. The highest BCUT2D eigenvalue weighted by Gasteiger charge is 2.21. The highest BCUT2D eigenvalue weighted by Crippen LogP contribution is 2.25. The van der Waals surface area contributed by atoms with Crippen molar-refractivity contribution in [3.63, 3.8) is 0 Å². The quantitative estimate of drug-likeness (QED) is 0.762. The largest absolute Gasteiger partial charge is 1.00 e. The molecule has 0 radical (unpaired) electrons. The minimum atomic E-state index is 0. The highest BCUT2D eigenvalue weighted by atomic mass is 79.9. The van der Waals surface area contributed by atoms with Crippen LogP contribution in [0.3, 0.4) is 0 Å². The number of hydrogen-bond donors (Lipinski definition) is 1. The third-order valence-electron chi connectivity index (χ3n) is 2.51. The Morgan fingerprint density at radius 1 is 1.38 bits per heavy atom. The Hall–Kier alpha value is -0.0500. The van der Waals surface area contributed by atoms with Crippen LogP contribution in [0, 0.1) is 0 Å². The maximum atomic E-state index is 3.96. The summed E-state index contributed by atoms with van der Waals surface area (Å²) >= 11 is 3.61. The highest BCUT2D eigenvalue weighted by molar-refractivity contribution is 9.11. The first kappa shape index (κ1) is 16.0. The van der Waals surface area contributed by atoms with Crippen molar-refractivity contribution in [1.29, 1.82) is 0 Å². The van der Waals surface area contributed by atoms with Crippen LogP contribution in [0.15, 0.2) is 34.9 Å². The van der Waals surface area contributed by atoms with Gasteiger partial charge in [0.25, 0.3) is 0 Å². The summed E-state index contributed by atoms with van der Waals surface area (Å²) in [5.41, 5.74) is 2.46. The van der Waals surface area contributed by atoms with Gasteiger partial charge < -0.3 is 17.7 Å². The standard InChI is InChI=1S/C13H20BrN.ClH/c1-9(2)7-11-5-6-12(14)13(15-11)8-10(3)4;/h6,11,13,15H,1,3,5,7-8H2,2,4H3;1H/p-1. The van der Waals surface area contributed by atoms with Crippen molar-refractivity contribution in [3.05, 3.63) is 34.9 Å². The molecule has 1 aliphatic heterocycles. The molecule has 0 fully saturated rings. The molecule has 16 heavy (non-hydrogen) atoms. The van der Waals surface area contributed by atoms with Crippen molar-refractivity contribution in [1.82, 2.24) is 5.32 Å². The molecule has 0 amide bonds. The smallest absolute Gasteiger partial charge is 0.0422 e. The fraction of sp³-hybridized carbons (Fsp3) is 0.538. The van der Waals surface area contributed by atoms with Gasteiger partial charge in [-0.1, -0.05) is 33.2 Å². The first-order valence-electron chi connectivity index (χ1n) is 5.39.